The molecule has 7 heteroatoms. The average molecular weight is 313 g/mol. The van der Waals surface area contributed by atoms with E-state index in [1.165, 1.54) is 0 Å². The van der Waals surface area contributed by atoms with Gasteiger partial charge in [0.25, 0.3) is 0 Å². The molecule has 2 aliphatic rings. The summed E-state index contributed by atoms with van der Waals surface area (Å²) in [6, 6.07) is 4.04. The van der Waals surface area contributed by atoms with Crippen LogP contribution >= 0.6 is 12.4 Å². The smallest absolute Gasteiger partial charge is 0.225 e. The van der Waals surface area contributed by atoms with E-state index in [0.29, 0.717) is 6.54 Å². The first kappa shape index (κ1) is 16.0. The molecule has 0 atom stereocenters. The molecule has 0 unspecified atom stereocenters. The number of hydrogen-bond donors (Lipinski definition) is 2. The van der Waals surface area contributed by atoms with Gasteiger partial charge in [0.05, 0.1) is 19.1 Å². The van der Waals surface area contributed by atoms with Crippen molar-refractivity contribution in [2.24, 2.45) is 5.92 Å². The Balaban J connectivity index is 0.00000161. The van der Waals surface area contributed by atoms with Crippen LogP contribution < -0.4 is 15.5 Å². The van der Waals surface area contributed by atoms with Gasteiger partial charge >= 0.3 is 0 Å². The molecule has 2 N–H and O–H groups in total. The highest BCUT2D eigenvalue weighted by molar-refractivity contribution is 5.85. The van der Waals surface area contributed by atoms with Gasteiger partial charge in [0, 0.05) is 38.9 Å². The lowest BCUT2D eigenvalue weighted by Gasteiger charge is -2.28. The highest BCUT2D eigenvalue weighted by Crippen LogP contribution is 2.13. The van der Waals surface area contributed by atoms with Crippen molar-refractivity contribution >= 4 is 24.1 Å². The molecule has 1 amide bonds. The third kappa shape index (κ3) is 4.06. The molecular weight excluding hydrogens is 292 g/mol. The molecule has 0 spiro atoms. The molecule has 3 heterocycles. The Morgan fingerprint density at radius 2 is 2.14 bits per heavy atom. The molecule has 21 heavy (non-hydrogen) atoms. The molecule has 0 aromatic carbocycles. The summed E-state index contributed by atoms with van der Waals surface area (Å²) >= 11 is 0. The van der Waals surface area contributed by atoms with Crippen molar-refractivity contribution in [3.8, 4) is 0 Å². The van der Waals surface area contributed by atoms with E-state index in [1.807, 2.05) is 18.3 Å². The average Bonchev–Trinajstić information content (AvgIpc) is 2.45. The third-order valence-corrected chi connectivity index (χ3v) is 3.76. The molecule has 3 rings (SSSR count). The number of ether oxygens (including phenoxy) is 1. The fourth-order valence-corrected chi connectivity index (χ4v) is 2.31. The maximum absolute atomic E-state index is 11.7. The topological polar surface area (TPSA) is 66.5 Å². The van der Waals surface area contributed by atoms with Crippen LogP contribution in [0.25, 0.3) is 0 Å². The largest absolute Gasteiger partial charge is 0.378 e. The summed E-state index contributed by atoms with van der Waals surface area (Å²) in [5.41, 5.74) is 1.03. The number of aromatic nitrogens is 1. The summed E-state index contributed by atoms with van der Waals surface area (Å²) in [6.07, 6.45) is 1.84. The van der Waals surface area contributed by atoms with E-state index in [-0.39, 0.29) is 24.2 Å². The lowest BCUT2D eigenvalue weighted by atomic mass is 10.0. The number of morpholine rings is 1. The maximum Gasteiger partial charge on any atom is 0.225 e. The molecule has 2 fully saturated rings. The number of nitrogens with one attached hydrogen (secondary N) is 2. The van der Waals surface area contributed by atoms with Gasteiger partial charge in [-0.25, -0.2) is 4.98 Å². The Kier molecular flexibility index (Phi) is 5.78. The van der Waals surface area contributed by atoms with E-state index < -0.39 is 0 Å². The van der Waals surface area contributed by atoms with E-state index in [0.717, 1.165) is 50.8 Å². The molecule has 1 aromatic rings. The zero-order chi connectivity index (χ0) is 13.8. The van der Waals surface area contributed by atoms with E-state index >= 15 is 0 Å². The van der Waals surface area contributed by atoms with Crippen LogP contribution in [0.1, 0.15) is 5.56 Å². The number of halogens is 1. The second-order valence-electron chi connectivity index (χ2n) is 5.20. The van der Waals surface area contributed by atoms with Gasteiger partial charge in [0.15, 0.2) is 0 Å². The molecule has 0 bridgehead atoms. The number of carbonyl (C=O) groups excluding carboxylic acids is 1. The van der Waals surface area contributed by atoms with Crippen LogP contribution in [0.3, 0.4) is 0 Å². The molecule has 116 valence electrons. The van der Waals surface area contributed by atoms with Crippen LogP contribution in [0.2, 0.25) is 0 Å². The van der Waals surface area contributed by atoms with E-state index in [2.05, 4.69) is 20.5 Å². The van der Waals surface area contributed by atoms with Crippen molar-refractivity contribution in [3.63, 3.8) is 0 Å². The van der Waals surface area contributed by atoms with Gasteiger partial charge < -0.3 is 20.3 Å². The van der Waals surface area contributed by atoms with Crippen molar-refractivity contribution in [2.45, 2.75) is 6.54 Å². The van der Waals surface area contributed by atoms with Gasteiger partial charge in [-0.1, -0.05) is 6.07 Å². The molecule has 0 aliphatic carbocycles. The quantitative estimate of drug-likeness (QED) is 0.830. The molecule has 1 aromatic heterocycles. The highest BCUT2D eigenvalue weighted by atomic mass is 35.5. The Labute approximate surface area is 130 Å². The molecular formula is C14H21ClN4O2. The fourth-order valence-electron chi connectivity index (χ4n) is 2.31. The minimum atomic E-state index is 0. The fraction of sp³-hybridized carbons (Fsp3) is 0.571. The number of rotatable bonds is 4. The predicted octanol–water partition coefficient (Wildman–Crippen LogP) is 0.176. The first-order valence-corrected chi connectivity index (χ1v) is 7.09. The Morgan fingerprint density at radius 3 is 2.71 bits per heavy atom. The van der Waals surface area contributed by atoms with Crippen LogP contribution in [0.15, 0.2) is 18.3 Å². The SMILES string of the molecule is Cl.O=C(NCc1ccc(N2CCOCC2)nc1)C1CNC1. The van der Waals surface area contributed by atoms with Gasteiger partial charge in [-0.15, -0.1) is 12.4 Å². The summed E-state index contributed by atoms with van der Waals surface area (Å²) in [6.45, 7) is 5.42. The summed E-state index contributed by atoms with van der Waals surface area (Å²) < 4.78 is 5.33. The minimum Gasteiger partial charge on any atom is -0.378 e. The summed E-state index contributed by atoms with van der Waals surface area (Å²) in [7, 11) is 0. The Bertz CT molecular complexity index is 459. The van der Waals surface area contributed by atoms with Crippen LogP contribution in [0, 0.1) is 5.92 Å². The van der Waals surface area contributed by atoms with Crippen molar-refractivity contribution in [1.29, 1.82) is 0 Å². The van der Waals surface area contributed by atoms with Gasteiger partial charge in [-0.2, -0.15) is 0 Å². The van der Waals surface area contributed by atoms with Gasteiger partial charge in [-0.05, 0) is 11.6 Å². The summed E-state index contributed by atoms with van der Waals surface area (Å²) in [5.74, 6) is 1.24. The van der Waals surface area contributed by atoms with Crippen molar-refractivity contribution in [2.75, 3.05) is 44.3 Å². The molecule has 0 radical (unpaired) electrons. The molecule has 6 nitrogen and oxygen atoms in total. The number of amides is 1. The van der Waals surface area contributed by atoms with Gasteiger partial charge in [-0.3, -0.25) is 4.79 Å². The number of anilines is 1. The zero-order valence-corrected chi connectivity index (χ0v) is 12.7. The first-order valence-electron chi connectivity index (χ1n) is 7.09. The summed E-state index contributed by atoms with van der Waals surface area (Å²) in [5, 5.41) is 6.04. The van der Waals surface area contributed by atoms with Crippen LogP contribution in [0.4, 0.5) is 5.82 Å². The monoisotopic (exact) mass is 312 g/mol. The molecule has 0 saturated carbocycles. The van der Waals surface area contributed by atoms with Crippen molar-refractivity contribution in [3.05, 3.63) is 23.9 Å². The molecule has 2 saturated heterocycles. The second kappa shape index (κ2) is 7.59. The van der Waals surface area contributed by atoms with Crippen molar-refractivity contribution in [1.82, 2.24) is 15.6 Å². The Morgan fingerprint density at radius 1 is 1.38 bits per heavy atom. The second-order valence-corrected chi connectivity index (χ2v) is 5.20. The zero-order valence-electron chi connectivity index (χ0n) is 11.9. The number of pyridine rings is 1. The minimum absolute atomic E-state index is 0. The van der Waals surface area contributed by atoms with E-state index in [4.69, 9.17) is 4.74 Å². The molecule has 2 aliphatic heterocycles. The summed E-state index contributed by atoms with van der Waals surface area (Å²) in [4.78, 5) is 18.4. The van der Waals surface area contributed by atoms with E-state index in [1.54, 1.807) is 0 Å². The highest BCUT2D eigenvalue weighted by Gasteiger charge is 2.24. The normalized spacial score (nSPS) is 18.6. The number of nitrogens with zero attached hydrogens (tertiary/aromatic N) is 2. The Hall–Kier alpha value is -1.37. The first-order chi connectivity index (χ1) is 9.83. The third-order valence-electron chi connectivity index (χ3n) is 3.76. The van der Waals surface area contributed by atoms with Crippen LogP contribution in [-0.2, 0) is 16.1 Å². The number of carbonyl (C=O) groups is 1. The van der Waals surface area contributed by atoms with Gasteiger partial charge in [0.1, 0.15) is 5.82 Å². The van der Waals surface area contributed by atoms with Crippen LogP contribution in [0.5, 0.6) is 0 Å². The predicted molar refractivity (Wildman–Crippen MR) is 82.7 cm³/mol. The lowest BCUT2D eigenvalue weighted by molar-refractivity contribution is -0.126. The standard InChI is InChI=1S/C14H20N4O2.ClH/c19-14(12-9-15-10-12)17-8-11-1-2-13(16-7-11)18-3-5-20-6-4-18;/h1-2,7,12,15H,3-6,8-10H2,(H,17,19);1H. The van der Waals surface area contributed by atoms with E-state index in [9.17, 15) is 4.79 Å². The van der Waals surface area contributed by atoms with Crippen LogP contribution in [-0.4, -0.2) is 50.3 Å². The maximum atomic E-state index is 11.7. The number of hydrogen-bond acceptors (Lipinski definition) is 5. The van der Waals surface area contributed by atoms with Crippen molar-refractivity contribution < 1.29 is 9.53 Å². The van der Waals surface area contributed by atoms with Gasteiger partial charge in [0.2, 0.25) is 5.91 Å². The lowest BCUT2D eigenvalue weighted by Crippen LogP contribution is -2.50.